The Kier molecular flexibility index (Phi) is 4.21. The number of benzene rings is 1. The smallest absolute Gasteiger partial charge is 0.200 e. The van der Waals surface area contributed by atoms with E-state index in [4.69, 9.17) is 20.8 Å². The number of oxazole rings is 1. The van der Waals surface area contributed by atoms with E-state index in [9.17, 15) is 0 Å². The molecule has 1 saturated heterocycles. The van der Waals surface area contributed by atoms with Gasteiger partial charge < -0.3 is 9.15 Å². The van der Waals surface area contributed by atoms with Crippen molar-refractivity contribution in [2.24, 2.45) is 0 Å². The summed E-state index contributed by atoms with van der Waals surface area (Å²) in [7, 11) is 0. The summed E-state index contributed by atoms with van der Waals surface area (Å²) in [5, 5.41) is 1.17. The van der Waals surface area contributed by atoms with Crippen molar-refractivity contribution >= 4 is 34.5 Å². The van der Waals surface area contributed by atoms with Crippen LogP contribution in [0.3, 0.4) is 0 Å². The molecule has 114 valence electrons. The minimum absolute atomic E-state index is 0.110. The van der Waals surface area contributed by atoms with Gasteiger partial charge in [0.05, 0.1) is 16.5 Å². The number of aromatic nitrogens is 1. The Morgan fingerprint density at radius 3 is 2.81 bits per heavy atom. The van der Waals surface area contributed by atoms with Crippen LogP contribution in [0.25, 0.3) is 11.1 Å². The SMILES string of the molecule is CC(C)(C)c1nc2ccc(Cl)c(SC3CCCOC3)c2o1. The van der Waals surface area contributed by atoms with E-state index in [1.54, 1.807) is 11.8 Å². The second-order valence-corrected chi connectivity index (χ2v) is 8.17. The average Bonchev–Trinajstić information content (AvgIpc) is 2.88. The van der Waals surface area contributed by atoms with Crippen molar-refractivity contribution in [2.75, 3.05) is 13.2 Å². The van der Waals surface area contributed by atoms with Gasteiger partial charge in [-0.15, -0.1) is 11.8 Å². The van der Waals surface area contributed by atoms with Gasteiger partial charge in [-0.1, -0.05) is 32.4 Å². The third-order valence-corrected chi connectivity index (χ3v) is 5.28. The highest BCUT2D eigenvalue weighted by atomic mass is 35.5. The first-order valence-electron chi connectivity index (χ1n) is 7.29. The standard InChI is InChI=1S/C16H20ClNO2S/c1-16(2,3)15-18-12-7-6-11(17)14(13(12)20-15)21-10-5-4-8-19-9-10/h6-7,10H,4-5,8-9H2,1-3H3. The molecule has 2 aromatic rings. The van der Waals surface area contributed by atoms with Crippen LogP contribution in [0.4, 0.5) is 0 Å². The Morgan fingerprint density at radius 2 is 2.14 bits per heavy atom. The molecule has 2 heterocycles. The topological polar surface area (TPSA) is 35.3 Å². The zero-order chi connectivity index (χ0) is 15.0. The zero-order valence-corrected chi connectivity index (χ0v) is 14.2. The molecule has 1 unspecified atom stereocenters. The van der Waals surface area contributed by atoms with Gasteiger partial charge in [0.1, 0.15) is 5.52 Å². The molecule has 1 fully saturated rings. The molecule has 5 heteroatoms. The van der Waals surface area contributed by atoms with Crippen molar-refractivity contribution in [2.45, 2.75) is 49.2 Å². The average molecular weight is 326 g/mol. The largest absolute Gasteiger partial charge is 0.439 e. The van der Waals surface area contributed by atoms with E-state index in [0.717, 1.165) is 53.0 Å². The summed E-state index contributed by atoms with van der Waals surface area (Å²) in [6, 6.07) is 3.84. The van der Waals surface area contributed by atoms with Gasteiger partial charge in [-0.2, -0.15) is 0 Å². The summed E-state index contributed by atoms with van der Waals surface area (Å²) in [5.41, 5.74) is 1.58. The molecule has 3 rings (SSSR count). The van der Waals surface area contributed by atoms with Crippen molar-refractivity contribution in [3.8, 4) is 0 Å². The van der Waals surface area contributed by atoms with Gasteiger partial charge in [0, 0.05) is 17.3 Å². The fraction of sp³-hybridized carbons (Fsp3) is 0.562. The Labute approximate surface area is 134 Å². The lowest BCUT2D eigenvalue weighted by atomic mass is 9.97. The molecule has 1 atom stereocenters. The molecule has 0 amide bonds. The predicted octanol–water partition coefficient (Wildman–Crippen LogP) is 5.05. The van der Waals surface area contributed by atoms with Gasteiger partial charge in [-0.05, 0) is 25.0 Å². The lowest BCUT2D eigenvalue weighted by Crippen LogP contribution is -2.19. The summed E-state index contributed by atoms with van der Waals surface area (Å²) >= 11 is 8.15. The Hall–Kier alpha value is -0.710. The van der Waals surface area contributed by atoms with Gasteiger partial charge in [0.25, 0.3) is 0 Å². The Balaban J connectivity index is 1.99. The molecule has 21 heavy (non-hydrogen) atoms. The fourth-order valence-electron chi connectivity index (χ4n) is 2.35. The number of hydrogen-bond acceptors (Lipinski definition) is 4. The van der Waals surface area contributed by atoms with Crippen LogP contribution in [0, 0.1) is 0 Å². The number of ether oxygens (including phenoxy) is 1. The van der Waals surface area contributed by atoms with Crippen LogP contribution in [-0.4, -0.2) is 23.4 Å². The number of nitrogens with zero attached hydrogens (tertiary/aromatic N) is 1. The van der Waals surface area contributed by atoms with Crippen molar-refractivity contribution < 1.29 is 9.15 Å². The molecule has 0 saturated carbocycles. The van der Waals surface area contributed by atoms with Crippen LogP contribution < -0.4 is 0 Å². The number of halogens is 1. The molecular weight excluding hydrogens is 306 g/mol. The highest BCUT2D eigenvalue weighted by Gasteiger charge is 2.24. The summed E-state index contributed by atoms with van der Waals surface area (Å²) in [6.45, 7) is 7.94. The third kappa shape index (κ3) is 3.22. The van der Waals surface area contributed by atoms with Crippen molar-refractivity contribution in [3.05, 3.63) is 23.0 Å². The highest BCUT2D eigenvalue weighted by molar-refractivity contribution is 8.00. The normalized spacial score (nSPS) is 20.1. The molecule has 1 aromatic carbocycles. The molecule has 0 radical (unpaired) electrons. The van der Waals surface area contributed by atoms with E-state index in [1.807, 2.05) is 12.1 Å². The molecule has 3 nitrogen and oxygen atoms in total. The van der Waals surface area contributed by atoms with Crippen LogP contribution in [0.1, 0.15) is 39.5 Å². The summed E-state index contributed by atoms with van der Waals surface area (Å²) in [6.07, 6.45) is 2.26. The number of thioether (sulfide) groups is 1. The maximum atomic E-state index is 6.40. The van der Waals surface area contributed by atoms with Crippen molar-refractivity contribution in [3.63, 3.8) is 0 Å². The van der Waals surface area contributed by atoms with Crippen molar-refractivity contribution in [1.29, 1.82) is 0 Å². The van der Waals surface area contributed by atoms with Gasteiger partial charge in [-0.3, -0.25) is 0 Å². The predicted molar refractivity (Wildman–Crippen MR) is 87.4 cm³/mol. The first-order valence-corrected chi connectivity index (χ1v) is 8.55. The fourth-order valence-corrected chi connectivity index (χ4v) is 3.84. The molecule has 0 spiro atoms. The van der Waals surface area contributed by atoms with Crippen LogP contribution >= 0.6 is 23.4 Å². The number of fused-ring (bicyclic) bond motifs is 1. The number of hydrogen-bond donors (Lipinski definition) is 0. The van der Waals surface area contributed by atoms with E-state index < -0.39 is 0 Å². The van der Waals surface area contributed by atoms with Gasteiger partial charge in [-0.25, -0.2) is 4.98 Å². The monoisotopic (exact) mass is 325 g/mol. The summed E-state index contributed by atoms with van der Waals surface area (Å²) in [5.74, 6) is 0.751. The van der Waals surface area contributed by atoms with Gasteiger partial charge in [0.15, 0.2) is 5.58 Å². The minimum Gasteiger partial charge on any atom is -0.439 e. The highest BCUT2D eigenvalue weighted by Crippen LogP contribution is 2.40. The lowest BCUT2D eigenvalue weighted by Gasteiger charge is -2.21. The van der Waals surface area contributed by atoms with E-state index >= 15 is 0 Å². The van der Waals surface area contributed by atoms with Crippen LogP contribution in [0.15, 0.2) is 21.4 Å². The molecule has 1 aromatic heterocycles. The first-order chi connectivity index (χ1) is 9.95. The quantitative estimate of drug-likeness (QED) is 0.774. The lowest BCUT2D eigenvalue weighted by molar-refractivity contribution is 0.101. The van der Waals surface area contributed by atoms with Crippen LogP contribution in [0.2, 0.25) is 5.02 Å². The van der Waals surface area contributed by atoms with Crippen molar-refractivity contribution in [1.82, 2.24) is 4.98 Å². The second-order valence-electron chi connectivity index (χ2n) is 6.45. The third-order valence-electron chi connectivity index (χ3n) is 3.51. The van der Waals surface area contributed by atoms with E-state index in [1.165, 1.54) is 0 Å². The molecule has 1 aliphatic rings. The summed E-state index contributed by atoms with van der Waals surface area (Å²) < 4.78 is 11.6. The Morgan fingerprint density at radius 1 is 1.33 bits per heavy atom. The molecular formula is C16H20ClNO2S. The van der Waals surface area contributed by atoms with Gasteiger partial charge >= 0.3 is 0 Å². The molecule has 0 bridgehead atoms. The summed E-state index contributed by atoms with van der Waals surface area (Å²) in [4.78, 5) is 5.60. The van der Waals surface area contributed by atoms with Gasteiger partial charge in [0.2, 0.25) is 5.89 Å². The maximum absolute atomic E-state index is 6.40. The molecule has 0 N–H and O–H groups in total. The van der Waals surface area contributed by atoms with E-state index in [-0.39, 0.29) is 5.41 Å². The number of rotatable bonds is 2. The van der Waals surface area contributed by atoms with Crippen LogP contribution in [-0.2, 0) is 10.2 Å². The van der Waals surface area contributed by atoms with Crippen LogP contribution in [0.5, 0.6) is 0 Å². The second kappa shape index (κ2) is 5.82. The Bertz CT molecular complexity index is 641. The minimum atomic E-state index is -0.110. The molecule has 0 aliphatic carbocycles. The molecule has 1 aliphatic heterocycles. The van der Waals surface area contributed by atoms with E-state index in [0.29, 0.717) is 5.25 Å². The first kappa shape index (κ1) is 15.2. The van der Waals surface area contributed by atoms with E-state index in [2.05, 4.69) is 25.8 Å². The maximum Gasteiger partial charge on any atom is 0.200 e. The zero-order valence-electron chi connectivity index (χ0n) is 12.6.